The first-order valence-electron chi connectivity index (χ1n) is 7.37. The van der Waals surface area contributed by atoms with Crippen molar-refractivity contribution in [3.63, 3.8) is 0 Å². The molecule has 0 aliphatic heterocycles. The van der Waals surface area contributed by atoms with Crippen molar-refractivity contribution in [2.24, 2.45) is 0 Å². The van der Waals surface area contributed by atoms with Crippen molar-refractivity contribution < 1.29 is 13.2 Å². The van der Waals surface area contributed by atoms with Crippen molar-refractivity contribution in [3.05, 3.63) is 11.6 Å². The minimum atomic E-state index is -3.33. The van der Waals surface area contributed by atoms with E-state index < -0.39 is 10.0 Å². The predicted molar refractivity (Wildman–Crippen MR) is 78.7 cm³/mol. The summed E-state index contributed by atoms with van der Waals surface area (Å²) in [7, 11) is -3.33. The summed E-state index contributed by atoms with van der Waals surface area (Å²) in [6, 6.07) is 0.268. The van der Waals surface area contributed by atoms with Crippen molar-refractivity contribution in [1.29, 1.82) is 0 Å². The maximum Gasteiger partial charge on any atom is 0.235 e. The number of hydrogen-bond donors (Lipinski definition) is 1. The molecule has 0 aromatic rings. The summed E-state index contributed by atoms with van der Waals surface area (Å²) in [5.74, 6) is -0.185. The summed E-state index contributed by atoms with van der Waals surface area (Å²) in [4.78, 5) is 11.8. The molecule has 20 heavy (non-hydrogen) atoms. The first kappa shape index (κ1) is 15.5. The monoisotopic (exact) mass is 300 g/mol. The van der Waals surface area contributed by atoms with Gasteiger partial charge in [-0.3, -0.25) is 4.79 Å². The highest BCUT2D eigenvalue weighted by molar-refractivity contribution is 7.88. The van der Waals surface area contributed by atoms with Gasteiger partial charge in [0.05, 0.1) is 12.8 Å². The van der Waals surface area contributed by atoms with Crippen LogP contribution in [0.4, 0.5) is 0 Å². The van der Waals surface area contributed by atoms with Crippen LogP contribution in [-0.2, 0) is 14.8 Å². The van der Waals surface area contributed by atoms with Crippen LogP contribution >= 0.6 is 0 Å². The van der Waals surface area contributed by atoms with E-state index in [2.05, 4.69) is 11.4 Å². The number of rotatable bonds is 7. The standard InChI is InChI=1S/C14H24N2O3S/c1-20(18,19)16(11-14(17)15-13-7-8-13)10-9-12-5-3-2-4-6-12/h5,13H,2-4,6-11H2,1H3,(H,15,17). The zero-order valence-corrected chi connectivity index (χ0v) is 12.9. The lowest BCUT2D eigenvalue weighted by molar-refractivity contribution is -0.121. The maximum atomic E-state index is 11.8. The molecule has 1 fully saturated rings. The largest absolute Gasteiger partial charge is 0.352 e. The van der Waals surface area contributed by atoms with Gasteiger partial charge in [-0.15, -0.1) is 0 Å². The molecule has 0 unspecified atom stereocenters. The number of hydrogen-bond acceptors (Lipinski definition) is 3. The van der Waals surface area contributed by atoms with Crippen LogP contribution in [-0.4, -0.2) is 44.0 Å². The number of nitrogens with zero attached hydrogens (tertiary/aromatic N) is 1. The van der Waals surface area contributed by atoms with Gasteiger partial charge < -0.3 is 5.32 Å². The molecular weight excluding hydrogens is 276 g/mol. The van der Waals surface area contributed by atoms with E-state index in [4.69, 9.17) is 0 Å². The molecule has 0 aromatic carbocycles. The van der Waals surface area contributed by atoms with Gasteiger partial charge >= 0.3 is 0 Å². The third-order valence-corrected chi connectivity index (χ3v) is 5.05. The fourth-order valence-electron chi connectivity index (χ4n) is 2.42. The van der Waals surface area contributed by atoms with Gasteiger partial charge in [0.15, 0.2) is 0 Å². The minimum Gasteiger partial charge on any atom is -0.352 e. The average molecular weight is 300 g/mol. The van der Waals surface area contributed by atoms with Crippen LogP contribution in [0.5, 0.6) is 0 Å². The van der Waals surface area contributed by atoms with Gasteiger partial charge in [0.1, 0.15) is 0 Å². The molecule has 1 saturated carbocycles. The summed E-state index contributed by atoms with van der Waals surface area (Å²) in [6.45, 7) is 0.353. The van der Waals surface area contributed by atoms with Crippen molar-refractivity contribution in [2.75, 3.05) is 19.3 Å². The lowest BCUT2D eigenvalue weighted by Gasteiger charge is -2.21. The fourth-order valence-corrected chi connectivity index (χ4v) is 3.20. The average Bonchev–Trinajstić information content (AvgIpc) is 3.18. The van der Waals surface area contributed by atoms with Gasteiger partial charge in [-0.25, -0.2) is 8.42 Å². The Morgan fingerprint density at radius 1 is 1.40 bits per heavy atom. The Labute approximate surface area is 121 Å². The molecule has 0 aromatic heterocycles. The molecule has 5 nitrogen and oxygen atoms in total. The number of carbonyl (C=O) groups excluding carboxylic acids is 1. The molecule has 0 bridgehead atoms. The van der Waals surface area contributed by atoms with E-state index in [1.165, 1.54) is 29.0 Å². The SMILES string of the molecule is CS(=O)(=O)N(CCC1=CCCCC1)CC(=O)NC1CC1. The Morgan fingerprint density at radius 3 is 2.70 bits per heavy atom. The van der Waals surface area contributed by atoms with Crippen LogP contribution in [0.3, 0.4) is 0 Å². The predicted octanol–water partition coefficient (Wildman–Crippen LogP) is 1.42. The molecule has 1 amide bonds. The van der Waals surface area contributed by atoms with Gasteiger partial charge in [0, 0.05) is 12.6 Å². The lowest BCUT2D eigenvalue weighted by atomic mass is 9.97. The van der Waals surface area contributed by atoms with E-state index in [1.54, 1.807) is 0 Å². The van der Waals surface area contributed by atoms with Crippen molar-refractivity contribution in [1.82, 2.24) is 9.62 Å². The number of carbonyl (C=O) groups is 1. The van der Waals surface area contributed by atoms with E-state index >= 15 is 0 Å². The highest BCUT2D eigenvalue weighted by atomic mass is 32.2. The molecule has 0 spiro atoms. The summed E-state index contributed by atoms with van der Waals surface area (Å²) in [5.41, 5.74) is 1.33. The second-order valence-corrected chi connectivity index (χ2v) is 7.78. The zero-order valence-electron chi connectivity index (χ0n) is 12.1. The van der Waals surface area contributed by atoms with E-state index in [9.17, 15) is 13.2 Å². The first-order valence-corrected chi connectivity index (χ1v) is 9.22. The van der Waals surface area contributed by atoms with Crippen LogP contribution in [0.25, 0.3) is 0 Å². The molecule has 1 N–H and O–H groups in total. The number of allylic oxidation sites excluding steroid dienone is 1. The number of sulfonamides is 1. The van der Waals surface area contributed by atoms with Crippen LogP contribution in [0.15, 0.2) is 11.6 Å². The third kappa shape index (κ3) is 5.25. The Balaban J connectivity index is 1.86. The van der Waals surface area contributed by atoms with Gasteiger partial charge in [-0.05, 0) is 44.9 Å². The molecule has 0 heterocycles. The highest BCUT2D eigenvalue weighted by Crippen LogP contribution is 2.21. The summed E-state index contributed by atoms with van der Waals surface area (Å²) < 4.78 is 24.8. The summed E-state index contributed by atoms with van der Waals surface area (Å²) >= 11 is 0. The lowest BCUT2D eigenvalue weighted by Crippen LogP contribution is -2.41. The van der Waals surface area contributed by atoms with E-state index in [0.29, 0.717) is 6.54 Å². The second-order valence-electron chi connectivity index (χ2n) is 5.80. The topological polar surface area (TPSA) is 66.5 Å². The number of amides is 1. The summed E-state index contributed by atoms with van der Waals surface area (Å²) in [6.07, 6.45) is 10.7. The molecule has 2 aliphatic rings. The van der Waals surface area contributed by atoms with Crippen molar-refractivity contribution in [3.8, 4) is 0 Å². The Hall–Kier alpha value is -0.880. The van der Waals surface area contributed by atoms with Gasteiger partial charge in [0.25, 0.3) is 0 Å². The molecule has 0 saturated heterocycles. The summed E-state index contributed by atoms with van der Waals surface area (Å²) in [5, 5.41) is 2.83. The normalized spacial score (nSPS) is 19.8. The third-order valence-electron chi connectivity index (χ3n) is 3.80. The zero-order chi connectivity index (χ0) is 14.6. The van der Waals surface area contributed by atoms with E-state index in [1.807, 2.05) is 0 Å². The smallest absolute Gasteiger partial charge is 0.235 e. The first-order chi connectivity index (χ1) is 9.45. The van der Waals surface area contributed by atoms with Crippen molar-refractivity contribution >= 4 is 15.9 Å². The van der Waals surface area contributed by atoms with Crippen LogP contribution in [0.1, 0.15) is 44.9 Å². The molecule has 0 radical (unpaired) electrons. The van der Waals surface area contributed by atoms with Crippen LogP contribution in [0, 0.1) is 0 Å². The van der Waals surface area contributed by atoms with Gasteiger partial charge in [0.2, 0.25) is 15.9 Å². The number of nitrogens with one attached hydrogen (secondary N) is 1. The second kappa shape index (κ2) is 6.72. The molecule has 0 atom stereocenters. The molecule has 2 aliphatic carbocycles. The maximum absolute atomic E-state index is 11.8. The van der Waals surface area contributed by atoms with Crippen LogP contribution in [0.2, 0.25) is 0 Å². The minimum absolute atomic E-state index is 0.0530. The molecule has 114 valence electrons. The van der Waals surface area contributed by atoms with Crippen LogP contribution < -0.4 is 5.32 Å². The van der Waals surface area contributed by atoms with Gasteiger partial charge in [-0.1, -0.05) is 11.6 Å². The van der Waals surface area contributed by atoms with Gasteiger partial charge in [-0.2, -0.15) is 4.31 Å². The molecule has 2 rings (SSSR count). The fraction of sp³-hybridized carbons (Fsp3) is 0.786. The highest BCUT2D eigenvalue weighted by Gasteiger charge is 2.26. The Bertz CT molecular complexity index is 481. The van der Waals surface area contributed by atoms with Crippen molar-refractivity contribution in [2.45, 2.75) is 51.0 Å². The molecular formula is C14H24N2O3S. The molecule has 6 heteroatoms. The van der Waals surface area contributed by atoms with E-state index in [0.717, 1.165) is 32.1 Å². The quantitative estimate of drug-likeness (QED) is 0.723. The van der Waals surface area contributed by atoms with E-state index in [-0.39, 0.29) is 18.5 Å². The Kier molecular flexibility index (Phi) is 5.21. The Morgan fingerprint density at radius 2 is 2.15 bits per heavy atom.